The number of hydrogen-bond donors (Lipinski definition) is 2. The third kappa shape index (κ3) is 3.13. The van der Waals surface area contributed by atoms with E-state index in [0.717, 1.165) is 12.1 Å². The van der Waals surface area contributed by atoms with Crippen LogP contribution >= 0.6 is 15.9 Å². The van der Waals surface area contributed by atoms with Crippen molar-refractivity contribution in [1.29, 1.82) is 0 Å². The summed E-state index contributed by atoms with van der Waals surface area (Å²) in [6.45, 7) is 0. The minimum absolute atomic E-state index is 0.159. The lowest BCUT2D eigenvalue weighted by molar-refractivity contribution is 0.101. The Labute approximate surface area is 128 Å². The molecule has 0 saturated heterocycles. The van der Waals surface area contributed by atoms with Crippen molar-refractivity contribution in [2.45, 2.75) is 0 Å². The number of methoxy groups -OCH3 is 1. The van der Waals surface area contributed by atoms with Gasteiger partial charge in [-0.25, -0.2) is 8.78 Å². The lowest BCUT2D eigenvalue weighted by atomic mass is 10.1. The average Bonchev–Trinajstić information content (AvgIpc) is 2.39. The summed E-state index contributed by atoms with van der Waals surface area (Å²) in [7, 11) is 1.39. The number of nitrogens with one attached hydrogen (secondary N) is 1. The van der Waals surface area contributed by atoms with Gasteiger partial charge in [0.15, 0.2) is 0 Å². The number of ether oxygens (including phenoxy) is 1. The molecule has 0 bridgehead atoms. The van der Waals surface area contributed by atoms with Gasteiger partial charge in [0, 0.05) is 4.47 Å². The monoisotopic (exact) mass is 356 g/mol. The van der Waals surface area contributed by atoms with Gasteiger partial charge in [0.1, 0.15) is 28.6 Å². The second kappa shape index (κ2) is 6.09. The van der Waals surface area contributed by atoms with Crippen LogP contribution in [-0.2, 0) is 0 Å². The van der Waals surface area contributed by atoms with Crippen LogP contribution in [0.5, 0.6) is 5.75 Å². The van der Waals surface area contributed by atoms with E-state index in [0.29, 0.717) is 5.75 Å². The Morgan fingerprint density at radius 1 is 1.29 bits per heavy atom. The predicted molar refractivity (Wildman–Crippen MR) is 79.4 cm³/mol. The molecule has 1 amide bonds. The van der Waals surface area contributed by atoms with Crippen LogP contribution in [0.25, 0.3) is 0 Å². The zero-order chi connectivity index (χ0) is 15.6. The summed E-state index contributed by atoms with van der Waals surface area (Å²) in [5, 5.41) is 2.36. The van der Waals surface area contributed by atoms with E-state index in [2.05, 4.69) is 21.2 Å². The summed E-state index contributed by atoms with van der Waals surface area (Å²) in [6, 6.07) is 6.74. The smallest absolute Gasteiger partial charge is 0.261 e. The van der Waals surface area contributed by atoms with Crippen molar-refractivity contribution in [1.82, 2.24) is 0 Å². The Morgan fingerprint density at radius 3 is 2.48 bits per heavy atom. The van der Waals surface area contributed by atoms with Crippen molar-refractivity contribution in [3.05, 3.63) is 52.0 Å². The van der Waals surface area contributed by atoms with Crippen LogP contribution in [0.1, 0.15) is 10.4 Å². The Bertz CT molecular complexity index is 684. The van der Waals surface area contributed by atoms with E-state index in [4.69, 9.17) is 10.5 Å². The van der Waals surface area contributed by atoms with Crippen molar-refractivity contribution in [3.8, 4) is 5.75 Å². The number of amides is 1. The first-order valence-electron chi connectivity index (χ1n) is 5.82. The molecular weight excluding hydrogens is 346 g/mol. The lowest BCUT2D eigenvalue weighted by Gasteiger charge is -2.13. The molecule has 0 aliphatic carbocycles. The van der Waals surface area contributed by atoms with Crippen molar-refractivity contribution < 1.29 is 18.3 Å². The van der Waals surface area contributed by atoms with Gasteiger partial charge in [0.05, 0.1) is 12.8 Å². The van der Waals surface area contributed by atoms with Gasteiger partial charge >= 0.3 is 0 Å². The SMILES string of the molecule is COc1cccc(N)c1NC(=O)c1c(F)cc(Br)cc1F. The molecule has 7 heteroatoms. The number of carbonyl (C=O) groups excluding carboxylic acids is 1. The number of nitrogens with two attached hydrogens (primary N) is 1. The zero-order valence-electron chi connectivity index (χ0n) is 10.9. The van der Waals surface area contributed by atoms with Crippen molar-refractivity contribution >= 4 is 33.2 Å². The number of halogens is 3. The topological polar surface area (TPSA) is 64.3 Å². The molecule has 0 unspecified atom stereocenters. The maximum atomic E-state index is 13.8. The maximum Gasteiger partial charge on any atom is 0.261 e. The summed E-state index contributed by atoms with van der Waals surface area (Å²) in [4.78, 5) is 12.1. The first-order valence-corrected chi connectivity index (χ1v) is 6.61. The van der Waals surface area contributed by atoms with Gasteiger partial charge in [-0.2, -0.15) is 0 Å². The number of anilines is 2. The fourth-order valence-corrected chi connectivity index (χ4v) is 2.19. The highest BCUT2D eigenvalue weighted by atomic mass is 79.9. The number of rotatable bonds is 3. The highest BCUT2D eigenvalue weighted by Crippen LogP contribution is 2.31. The number of carbonyl (C=O) groups is 1. The van der Waals surface area contributed by atoms with Crippen LogP contribution in [0.4, 0.5) is 20.2 Å². The number of benzene rings is 2. The van der Waals surface area contributed by atoms with E-state index >= 15 is 0 Å². The zero-order valence-corrected chi connectivity index (χ0v) is 12.5. The Morgan fingerprint density at radius 2 is 1.90 bits per heavy atom. The summed E-state index contributed by atoms with van der Waals surface area (Å²) in [5.41, 5.74) is 5.42. The van der Waals surface area contributed by atoms with E-state index in [1.807, 2.05) is 0 Å². The second-order valence-corrected chi connectivity index (χ2v) is 5.04. The van der Waals surface area contributed by atoms with Gasteiger partial charge in [0.2, 0.25) is 0 Å². The van der Waals surface area contributed by atoms with E-state index < -0.39 is 23.1 Å². The van der Waals surface area contributed by atoms with Crippen LogP contribution in [0.2, 0.25) is 0 Å². The first kappa shape index (κ1) is 15.2. The van der Waals surface area contributed by atoms with Crippen molar-refractivity contribution in [2.75, 3.05) is 18.2 Å². The van der Waals surface area contributed by atoms with E-state index in [1.54, 1.807) is 12.1 Å². The molecular formula is C14H11BrF2N2O2. The maximum absolute atomic E-state index is 13.8. The molecule has 0 aliphatic heterocycles. The molecule has 3 N–H and O–H groups in total. The molecule has 0 aromatic heterocycles. The van der Waals surface area contributed by atoms with Crippen molar-refractivity contribution in [3.63, 3.8) is 0 Å². The lowest BCUT2D eigenvalue weighted by Crippen LogP contribution is -2.17. The quantitative estimate of drug-likeness (QED) is 0.826. The second-order valence-electron chi connectivity index (χ2n) is 4.12. The minimum Gasteiger partial charge on any atom is -0.494 e. The molecule has 0 saturated carbocycles. The summed E-state index contributed by atoms with van der Waals surface area (Å²) in [5.74, 6) is -2.62. The molecule has 0 heterocycles. The molecule has 110 valence electrons. The first-order chi connectivity index (χ1) is 9.93. The number of para-hydroxylation sites is 1. The summed E-state index contributed by atoms with van der Waals surface area (Å²) in [6.07, 6.45) is 0. The molecule has 4 nitrogen and oxygen atoms in total. The normalized spacial score (nSPS) is 10.3. The molecule has 21 heavy (non-hydrogen) atoms. The van der Waals surface area contributed by atoms with E-state index in [9.17, 15) is 13.6 Å². The van der Waals surface area contributed by atoms with Crippen LogP contribution in [-0.4, -0.2) is 13.0 Å². The van der Waals surface area contributed by atoms with E-state index in [-0.39, 0.29) is 15.8 Å². The molecule has 0 atom stereocenters. The minimum atomic E-state index is -0.979. The highest BCUT2D eigenvalue weighted by Gasteiger charge is 2.20. The van der Waals surface area contributed by atoms with Crippen LogP contribution in [0.3, 0.4) is 0 Å². The average molecular weight is 357 g/mol. The number of nitrogen functional groups attached to an aromatic ring is 1. The van der Waals surface area contributed by atoms with E-state index in [1.165, 1.54) is 13.2 Å². The highest BCUT2D eigenvalue weighted by molar-refractivity contribution is 9.10. The van der Waals surface area contributed by atoms with Crippen LogP contribution < -0.4 is 15.8 Å². The Kier molecular flexibility index (Phi) is 4.42. The Hall–Kier alpha value is -2.15. The third-order valence-electron chi connectivity index (χ3n) is 2.75. The largest absolute Gasteiger partial charge is 0.494 e. The summed E-state index contributed by atoms with van der Waals surface area (Å²) < 4.78 is 32.8. The van der Waals surface area contributed by atoms with Gasteiger partial charge in [0.25, 0.3) is 5.91 Å². The predicted octanol–water partition coefficient (Wildman–Crippen LogP) is 3.57. The van der Waals surface area contributed by atoms with Crippen molar-refractivity contribution in [2.24, 2.45) is 0 Å². The molecule has 0 radical (unpaired) electrons. The number of hydrogen-bond acceptors (Lipinski definition) is 3. The van der Waals surface area contributed by atoms with Gasteiger partial charge in [-0.3, -0.25) is 4.79 Å². The van der Waals surface area contributed by atoms with Crippen LogP contribution in [0, 0.1) is 11.6 Å². The van der Waals surface area contributed by atoms with Gasteiger partial charge < -0.3 is 15.8 Å². The molecule has 2 aromatic rings. The molecule has 0 aliphatic rings. The third-order valence-corrected chi connectivity index (χ3v) is 3.21. The van der Waals surface area contributed by atoms with Gasteiger partial charge in [-0.05, 0) is 24.3 Å². The fourth-order valence-electron chi connectivity index (χ4n) is 1.79. The van der Waals surface area contributed by atoms with Gasteiger partial charge in [-0.15, -0.1) is 0 Å². The molecule has 2 aromatic carbocycles. The summed E-state index contributed by atoms with van der Waals surface area (Å²) >= 11 is 2.95. The molecule has 2 rings (SSSR count). The van der Waals surface area contributed by atoms with Gasteiger partial charge in [-0.1, -0.05) is 22.0 Å². The standard InChI is InChI=1S/C14H11BrF2N2O2/c1-21-11-4-2-3-10(18)13(11)19-14(20)12-8(16)5-7(15)6-9(12)17/h2-6H,18H2,1H3,(H,19,20). The fraction of sp³-hybridized carbons (Fsp3) is 0.0714. The molecule has 0 fully saturated rings. The molecule has 0 spiro atoms. The Balaban J connectivity index is 2.40. The van der Waals surface area contributed by atoms with Crippen LogP contribution in [0.15, 0.2) is 34.8 Å².